The van der Waals surface area contributed by atoms with E-state index >= 15 is 0 Å². The van der Waals surface area contributed by atoms with E-state index in [1.54, 1.807) is 6.07 Å². The van der Waals surface area contributed by atoms with Crippen LogP contribution in [0.3, 0.4) is 0 Å². The lowest BCUT2D eigenvalue weighted by Gasteiger charge is -2.32. The highest BCUT2D eigenvalue weighted by Crippen LogP contribution is 2.37. The quantitative estimate of drug-likeness (QED) is 0.398. The number of rotatable bonds is 6. The number of halogens is 2. The van der Waals surface area contributed by atoms with Crippen molar-refractivity contribution in [3.8, 4) is 0 Å². The smallest absolute Gasteiger partial charge is 0.191 e. The number of aryl methyl sites for hydroxylation is 1. The van der Waals surface area contributed by atoms with Gasteiger partial charge in [0, 0.05) is 32.5 Å². The van der Waals surface area contributed by atoms with Gasteiger partial charge in [-0.1, -0.05) is 50.4 Å². The van der Waals surface area contributed by atoms with Crippen molar-refractivity contribution >= 4 is 48.6 Å². The monoisotopic (exact) mass is 517 g/mol. The predicted octanol–water partition coefficient (Wildman–Crippen LogP) is 5.60. The second-order valence-corrected chi connectivity index (χ2v) is 9.92. The molecule has 1 heterocycles. The van der Waals surface area contributed by atoms with Crippen LogP contribution in [-0.4, -0.2) is 17.1 Å². The second-order valence-electron chi connectivity index (χ2n) is 8.09. The van der Waals surface area contributed by atoms with Crippen LogP contribution in [0.2, 0.25) is 0 Å². The van der Waals surface area contributed by atoms with Crippen molar-refractivity contribution < 1.29 is 0 Å². The van der Waals surface area contributed by atoms with Gasteiger partial charge in [0.05, 0.1) is 5.52 Å². The van der Waals surface area contributed by atoms with E-state index in [0.29, 0.717) is 17.8 Å². The number of pyridine rings is 1. The van der Waals surface area contributed by atoms with Gasteiger partial charge in [0.2, 0.25) is 0 Å². The molecule has 6 heteroatoms. The van der Waals surface area contributed by atoms with E-state index in [2.05, 4.69) is 60.4 Å². The number of hydrogen-bond donors (Lipinski definition) is 3. The summed E-state index contributed by atoms with van der Waals surface area (Å²) in [4.78, 5) is 15.7. The Labute approximate surface area is 187 Å². The summed E-state index contributed by atoms with van der Waals surface area (Å²) in [6, 6.07) is 15.6. The first kappa shape index (κ1) is 20.6. The zero-order valence-corrected chi connectivity index (χ0v) is 19.4. The van der Waals surface area contributed by atoms with Gasteiger partial charge in [-0.25, -0.2) is 0 Å². The molecule has 2 aromatic carbocycles. The minimum absolute atomic E-state index is 0.0242. The molecule has 1 saturated carbocycles. The van der Waals surface area contributed by atoms with Gasteiger partial charge in [-0.3, -0.25) is 4.79 Å². The van der Waals surface area contributed by atoms with Crippen LogP contribution >= 0.6 is 31.9 Å². The van der Waals surface area contributed by atoms with Gasteiger partial charge in [-0.2, -0.15) is 0 Å². The van der Waals surface area contributed by atoms with E-state index < -0.39 is 0 Å². The molecule has 0 saturated heterocycles. The first-order chi connectivity index (χ1) is 13.9. The van der Waals surface area contributed by atoms with Crippen molar-refractivity contribution in [1.29, 1.82) is 0 Å². The third-order valence-corrected chi connectivity index (χ3v) is 6.97. The Balaban J connectivity index is 1.44. The standard InChI is InChI=1S/C23H25Br2N3O/c24-17-10-15(11-18(25)12-17)7-8-16-4-3-9-23(16,26)14-27-22-13-21(29)19-5-1-2-6-20(19)28-22/h1-2,5-6,10-13,16H,3-4,7-9,14,26H2,(H2,27,28,29). The fourth-order valence-corrected chi connectivity index (χ4v) is 5.87. The molecule has 1 aliphatic carbocycles. The molecule has 1 aromatic heterocycles. The van der Waals surface area contributed by atoms with Crippen LogP contribution in [0.15, 0.2) is 62.3 Å². The first-order valence-electron chi connectivity index (χ1n) is 10.0. The fraction of sp³-hybridized carbons (Fsp3) is 0.348. The summed E-state index contributed by atoms with van der Waals surface area (Å²) in [6.07, 6.45) is 5.38. The van der Waals surface area contributed by atoms with Crippen molar-refractivity contribution in [2.75, 3.05) is 11.9 Å². The number of nitrogens with one attached hydrogen (secondary N) is 2. The van der Waals surface area contributed by atoms with Crippen molar-refractivity contribution in [1.82, 2.24) is 4.98 Å². The van der Waals surface area contributed by atoms with Gasteiger partial charge in [0.25, 0.3) is 0 Å². The zero-order chi connectivity index (χ0) is 20.4. The molecule has 0 aliphatic heterocycles. The zero-order valence-electron chi connectivity index (χ0n) is 16.2. The molecular formula is C23H25Br2N3O. The summed E-state index contributed by atoms with van der Waals surface area (Å²) in [5.74, 6) is 1.19. The third-order valence-electron chi connectivity index (χ3n) is 6.06. The van der Waals surface area contributed by atoms with E-state index in [1.165, 1.54) is 5.56 Å². The van der Waals surface area contributed by atoms with E-state index in [4.69, 9.17) is 5.73 Å². The van der Waals surface area contributed by atoms with Gasteiger partial charge >= 0.3 is 0 Å². The summed E-state index contributed by atoms with van der Waals surface area (Å²) in [7, 11) is 0. The number of para-hydroxylation sites is 1. The van der Waals surface area contributed by atoms with Crippen LogP contribution in [0.1, 0.15) is 31.2 Å². The van der Waals surface area contributed by atoms with Crippen molar-refractivity contribution in [3.05, 3.63) is 73.3 Å². The Bertz CT molecular complexity index is 1060. The molecule has 2 atom stereocenters. The molecule has 4 rings (SSSR count). The number of aromatic amines is 1. The molecule has 0 bridgehead atoms. The minimum atomic E-state index is -0.258. The maximum atomic E-state index is 12.4. The van der Waals surface area contributed by atoms with Gasteiger partial charge in [0.15, 0.2) is 5.43 Å². The summed E-state index contributed by atoms with van der Waals surface area (Å²) in [6.45, 7) is 0.661. The van der Waals surface area contributed by atoms with E-state index in [-0.39, 0.29) is 11.0 Å². The van der Waals surface area contributed by atoms with E-state index in [9.17, 15) is 4.79 Å². The van der Waals surface area contributed by atoms with Crippen LogP contribution in [-0.2, 0) is 6.42 Å². The average molecular weight is 519 g/mol. The summed E-state index contributed by atoms with van der Waals surface area (Å²) >= 11 is 7.14. The highest BCUT2D eigenvalue weighted by Gasteiger charge is 2.38. The number of anilines is 1. The van der Waals surface area contributed by atoms with Gasteiger partial charge in [0.1, 0.15) is 5.82 Å². The third kappa shape index (κ3) is 4.76. The lowest BCUT2D eigenvalue weighted by molar-refractivity contribution is 0.315. The SMILES string of the molecule is NC1(CNc2cc(=O)c3ccccc3[nH]2)CCCC1CCc1cc(Br)cc(Br)c1. The Morgan fingerprint density at radius 1 is 1.14 bits per heavy atom. The number of aromatic nitrogens is 1. The largest absolute Gasteiger partial charge is 0.370 e. The fourth-order valence-electron chi connectivity index (χ4n) is 4.48. The molecule has 29 heavy (non-hydrogen) atoms. The maximum absolute atomic E-state index is 12.4. The van der Waals surface area contributed by atoms with Crippen molar-refractivity contribution in [3.63, 3.8) is 0 Å². The normalized spacial score (nSPS) is 21.6. The number of hydrogen-bond acceptors (Lipinski definition) is 3. The molecule has 4 N–H and O–H groups in total. The number of benzene rings is 2. The Morgan fingerprint density at radius 3 is 2.69 bits per heavy atom. The number of nitrogens with two attached hydrogens (primary N) is 1. The number of H-pyrrole nitrogens is 1. The van der Waals surface area contributed by atoms with Crippen LogP contribution in [0.5, 0.6) is 0 Å². The molecule has 0 amide bonds. The van der Waals surface area contributed by atoms with E-state index in [0.717, 1.165) is 52.4 Å². The maximum Gasteiger partial charge on any atom is 0.191 e. The molecule has 0 radical (unpaired) electrons. The summed E-state index contributed by atoms with van der Waals surface area (Å²) in [5.41, 5.74) is 8.78. The van der Waals surface area contributed by atoms with Crippen molar-refractivity contribution in [2.45, 2.75) is 37.6 Å². The van der Waals surface area contributed by atoms with Gasteiger partial charge < -0.3 is 16.0 Å². The highest BCUT2D eigenvalue weighted by atomic mass is 79.9. The first-order valence-corrected chi connectivity index (χ1v) is 11.6. The molecule has 3 aromatic rings. The van der Waals surface area contributed by atoms with Crippen LogP contribution in [0.4, 0.5) is 5.82 Å². The topological polar surface area (TPSA) is 70.9 Å². The minimum Gasteiger partial charge on any atom is -0.370 e. The lowest BCUT2D eigenvalue weighted by Crippen LogP contribution is -2.49. The predicted molar refractivity (Wildman–Crippen MR) is 127 cm³/mol. The summed E-state index contributed by atoms with van der Waals surface area (Å²) < 4.78 is 2.18. The Hall–Kier alpha value is -1.63. The molecule has 1 fully saturated rings. The average Bonchev–Trinajstić information content (AvgIpc) is 3.05. The highest BCUT2D eigenvalue weighted by molar-refractivity contribution is 9.11. The number of fused-ring (bicyclic) bond motifs is 1. The summed E-state index contributed by atoms with van der Waals surface area (Å²) in [5, 5.41) is 4.12. The van der Waals surface area contributed by atoms with Crippen LogP contribution in [0.25, 0.3) is 10.9 Å². The molecule has 4 nitrogen and oxygen atoms in total. The molecule has 152 valence electrons. The van der Waals surface area contributed by atoms with Crippen LogP contribution in [0, 0.1) is 5.92 Å². The molecule has 0 spiro atoms. The van der Waals surface area contributed by atoms with Gasteiger partial charge in [-0.15, -0.1) is 0 Å². The molecular weight excluding hydrogens is 494 g/mol. The van der Waals surface area contributed by atoms with Crippen LogP contribution < -0.4 is 16.5 Å². The van der Waals surface area contributed by atoms with E-state index in [1.807, 2.05) is 24.3 Å². The molecule has 2 unspecified atom stereocenters. The second kappa shape index (κ2) is 8.62. The van der Waals surface area contributed by atoms with Gasteiger partial charge in [-0.05, 0) is 67.5 Å². The Morgan fingerprint density at radius 2 is 1.90 bits per heavy atom. The lowest BCUT2D eigenvalue weighted by atomic mass is 9.83. The van der Waals surface area contributed by atoms with Crippen molar-refractivity contribution in [2.24, 2.45) is 11.7 Å². The Kier molecular flexibility index (Phi) is 6.13. The molecule has 1 aliphatic rings.